The number of rotatable bonds is 4. The molecule has 1 aromatic heterocycles. The highest BCUT2D eigenvalue weighted by Crippen LogP contribution is 2.47. The van der Waals surface area contributed by atoms with Crippen molar-refractivity contribution >= 4 is 34.9 Å². The molecule has 0 radical (unpaired) electrons. The molecular formula is C23H29N7O. The first-order valence-corrected chi connectivity index (χ1v) is 10.7. The summed E-state index contributed by atoms with van der Waals surface area (Å²) in [5, 5.41) is 14.0. The Morgan fingerprint density at radius 3 is 2.90 bits per heavy atom. The minimum atomic E-state index is -0.169. The van der Waals surface area contributed by atoms with Gasteiger partial charge in [-0.3, -0.25) is 4.79 Å². The number of amides is 1. The first-order valence-electron chi connectivity index (χ1n) is 10.7. The molecule has 0 bridgehead atoms. The molecule has 2 atom stereocenters. The molecule has 8 nitrogen and oxygen atoms in total. The van der Waals surface area contributed by atoms with Crippen molar-refractivity contribution in [1.29, 1.82) is 5.41 Å². The second-order valence-electron chi connectivity index (χ2n) is 8.72. The molecular weight excluding hydrogens is 390 g/mol. The van der Waals surface area contributed by atoms with Gasteiger partial charge >= 0.3 is 0 Å². The van der Waals surface area contributed by atoms with Crippen molar-refractivity contribution in [1.82, 2.24) is 15.3 Å². The maximum atomic E-state index is 12.6. The largest absolute Gasteiger partial charge is 0.400 e. The lowest BCUT2D eigenvalue weighted by Crippen LogP contribution is -2.37. The molecule has 1 amide bonds. The molecule has 0 saturated heterocycles. The second-order valence-corrected chi connectivity index (χ2v) is 8.72. The zero-order chi connectivity index (χ0) is 22.1. The first-order chi connectivity index (χ1) is 14.9. The van der Waals surface area contributed by atoms with Crippen LogP contribution in [0.2, 0.25) is 0 Å². The topological polar surface area (TPSA) is 129 Å². The lowest BCUT2D eigenvalue weighted by atomic mass is 9.74. The lowest BCUT2D eigenvalue weighted by molar-refractivity contribution is -0.125. The van der Waals surface area contributed by atoms with Crippen molar-refractivity contribution in [2.24, 2.45) is 22.6 Å². The first kappa shape index (κ1) is 21.0. The highest BCUT2D eigenvalue weighted by Gasteiger charge is 2.33. The summed E-state index contributed by atoms with van der Waals surface area (Å²) >= 11 is 0. The summed E-state index contributed by atoms with van der Waals surface area (Å²) in [7, 11) is 0. The number of nitrogens with zero attached hydrogens (tertiary/aromatic N) is 3. The quantitative estimate of drug-likeness (QED) is 0.557. The van der Waals surface area contributed by atoms with Gasteiger partial charge in [-0.25, -0.2) is 15.0 Å². The molecule has 1 aromatic rings. The number of allylic oxidation sites excluding steroid dienone is 4. The Morgan fingerprint density at radius 2 is 2.16 bits per heavy atom. The molecule has 0 saturated carbocycles. The Bertz CT molecular complexity index is 1030. The molecule has 0 fully saturated rings. The molecule has 2 unspecified atom stereocenters. The molecule has 2 aliphatic carbocycles. The number of hydrogen-bond acceptors (Lipinski definition) is 7. The number of nitrogens with two attached hydrogens (primary N) is 1. The van der Waals surface area contributed by atoms with Gasteiger partial charge in [0.1, 0.15) is 18.0 Å². The Balaban J connectivity index is 1.65. The number of aromatic nitrogens is 2. The van der Waals surface area contributed by atoms with E-state index in [1.165, 1.54) is 17.4 Å². The molecule has 31 heavy (non-hydrogen) atoms. The van der Waals surface area contributed by atoms with Crippen LogP contribution in [0.5, 0.6) is 0 Å². The molecule has 4 rings (SSSR count). The number of aliphatic imine (C=N–C) groups is 1. The van der Waals surface area contributed by atoms with Crippen molar-refractivity contribution in [3.8, 4) is 0 Å². The third kappa shape index (κ3) is 4.15. The summed E-state index contributed by atoms with van der Waals surface area (Å²) in [5.74, 6) is 1.35. The van der Waals surface area contributed by atoms with Gasteiger partial charge in [0.15, 0.2) is 0 Å². The molecule has 3 aliphatic rings. The molecule has 0 spiro atoms. The van der Waals surface area contributed by atoms with Crippen LogP contribution in [-0.4, -0.2) is 34.0 Å². The smallest absolute Gasteiger partial charge is 0.223 e. The summed E-state index contributed by atoms with van der Waals surface area (Å²) in [6, 6.07) is 0.137. The van der Waals surface area contributed by atoms with E-state index in [1.54, 1.807) is 12.5 Å². The lowest BCUT2D eigenvalue weighted by Gasteiger charge is -2.33. The van der Waals surface area contributed by atoms with Crippen LogP contribution in [0.1, 0.15) is 57.2 Å². The van der Waals surface area contributed by atoms with E-state index in [4.69, 9.17) is 11.1 Å². The van der Waals surface area contributed by atoms with E-state index in [2.05, 4.69) is 32.2 Å². The Hall–Kier alpha value is -3.29. The van der Waals surface area contributed by atoms with E-state index < -0.39 is 0 Å². The van der Waals surface area contributed by atoms with Crippen molar-refractivity contribution in [2.45, 2.75) is 52.0 Å². The van der Waals surface area contributed by atoms with Crippen LogP contribution in [0, 0.1) is 17.2 Å². The number of anilines is 1. The number of hydrogen-bond donors (Lipinski definition) is 4. The van der Waals surface area contributed by atoms with E-state index in [1.807, 2.05) is 13.8 Å². The highest BCUT2D eigenvalue weighted by molar-refractivity contribution is 6.01. The average Bonchev–Trinajstić information content (AvgIpc) is 2.74. The van der Waals surface area contributed by atoms with Gasteiger partial charge in [-0.05, 0) is 50.7 Å². The molecule has 8 heteroatoms. The minimum absolute atomic E-state index is 0.0132. The summed E-state index contributed by atoms with van der Waals surface area (Å²) in [6.45, 7) is 8.22. The SMILES string of the molecule is C=C1CC2=C(CCC(C(=O)NC(C)C)C2)c2c(NC3=NC=C(N)C(C=N)C3)ncnc21. The molecule has 162 valence electrons. The van der Waals surface area contributed by atoms with Crippen LogP contribution in [0.3, 0.4) is 0 Å². The Morgan fingerprint density at radius 1 is 1.35 bits per heavy atom. The summed E-state index contributed by atoms with van der Waals surface area (Å²) in [5.41, 5.74) is 11.7. The molecule has 1 aliphatic heterocycles. The fraction of sp³-hybridized carbons (Fsp3) is 0.435. The fourth-order valence-electron chi connectivity index (χ4n) is 4.50. The van der Waals surface area contributed by atoms with Gasteiger partial charge in [0.2, 0.25) is 5.91 Å². The zero-order valence-corrected chi connectivity index (χ0v) is 18.0. The fourth-order valence-corrected chi connectivity index (χ4v) is 4.50. The van der Waals surface area contributed by atoms with E-state index in [-0.39, 0.29) is 23.8 Å². The van der Waals surface area contributed by atoms with E-state index in [0.29, 0.717) is 23.8 Å². The van der Waals surface area contributed by atoms with Crippen molar-refractivity contribution in [3.05, 3.63) is 41.6 Å². The van der Waals surface area contributed by atoms with Gasteiger partial charge in [0, 0.05) is 48.0 Å². The maximum absolute atomic E-state index is 12.6. The molecule has 0 aromatic carbocycles. The predicted octanol–water partition coefficient (Wildman–Crippen LogP) is 3.25. The van der Waals surface area contributed by atoms with Crippen molar-refractivity contribution in [2.75, 3.05) is 5.32 Å². The average molecular weight is 420 g/mol. The normalized spacial score (nSPS) is 22.9. The standard InChI is InChI=1S/C23H29N7O/c1-12(2)29-23(31)14-4-5-17-15(7-14)6-13(3)21-20(17)22(28-11-27-21)30-19-8-16(9-24)18(25)10-26-19/h9-12,14,16,24H,3-8,25H2,1-2H3,(H,29,31)(H,26,27,28,30). The van der Waals surface area contributed by atoms with Crippen LogP contribution in [0.4, 0.5) is 5.82 Å². The monoisotopic (exact) mass is 419 g/mol. The van der Waals surface area contributed by atoms with Crippen LogP contribution >= 0.6 is 0 Å². The zero-order valence-electron chi connectivity index (χ0n) is 18.0. The summed E-state index contributed by atoms with van der Waals surface area (Å²) < 4.78 is 0. The van der Waals surface area contributed by atoms with Crippen LogP contribution < -0.4 is 16.4 Å². The second kappa shape index (κ2) is 8.45. The number of fused-ring (bicyclic) bond motifs is 2. The van der Waals surface area contributed by atoms with Gasteiger partial charge in [0.05, 0.1) is 5.69 Å². The van der Waals surface area contributed by atoms with Crippen molar-refractivity contribution in [3.63, 3.8) is 0 Å². The molecule has 5 N–H and O–H groups in total. The highest BCUT2D eigenvalue weighted by atomic mass is 16.1. The van der Waals surface area contributed by atoms with Gasteiger partial charge in [-0.1, -0.05) is 12.2 Å². The molecule has 2 heterocycles. The van der Waals surface area contributed by atoms with E-state index >= 15 is 0 Å². The van der Waals surface area contributed by atoms with E-state index in [9.17, 15) is 4.79 Å². The van der Waals surface area contributed by atoms with Crippen LogP contribution in [0.15, 0.2) is 35.4 Å². The Labute approximate surface area is 182 Å². The van der Waals surface area contributed by atoms with Gasteiger partial charge in [-0.15, -0.1) is 0 Å². The number of carbonyl (C=O) groups is 1. The van der Waals surface area contributed by atoms with Gasteiger partial charge < -0.3 is 21.8 Å². The van der Waals surface area contributed by atoms with E-state index in [0.717, 1.165) is 42.5 Å². The van der Waals surface area contributed by atoms with Crippen LogP contribution in [0.25, 0.3) is 11.1 Å². The number of amidine groups is 1. The predicted molar refractivity (Wildman–Crippen MR) is 123 cm³/mol. The minimum Gasteiger partial charge on any atom is -0.400 e. The van der Waals surface area contributed by atoms with Crippen LogP contribution in [-0.2, 0) is 4.79 Å². The van der Waals surface area contributed by atoms with Crippen molar-refractivity contribution < 1.29 is 4.79 Å². The maximum Gasteiger partial charge on any atom is 0.223 e. The third-order valence-electron chi connectivity index (χ3n) is 6.05. The van der Waals surface area contributed by atoms with Gasteiger partial charge in [-0.2, -0.15) is 0 Å². The number of nitrogens with one attached hydrogen (secondary N) is 3. The Kier molecular flexibility index (Phi) is 5.71. The summed E-state index contributed by atoms with van der Waals surface area (Å²) in [6.07, 6.45) is 8.07. The van der Waals surface area contributed by atoms with Gasteiger partial charge in [0.25, 0.3) is 0 Å². The third-order valence-corrected chi connectivity index (χ3v) is 6.05. The summed E-state index contributed by atoms with van der Waals surface area (Å²) in [4.78, 5) is 26.0. The number of carbonyl (C=O) groups excluding carboxylic acids is 1.